The Balaban J connectivity index is 1.52. The Labute approximate surface area is 126 Å². The monoisotopic (exact) mass is 287 g/mol. The highest BCUT2D eigenvalue weighted by Gasteiger charge is 2.30. The van der Waals surface area contributed by atoms with Gasteiger partial charge >= 0.3 is 0 Å². The fourth-order valence-electron chi connectivity index (χ4n) is 3.40. The Morgan fingerprint density at radius 3 is 2.86 bits per heavy atom. The van der Waals surface area contributed by atoms with Crippen LogP contribution in [0.15, 0.2) is 30.3 Å². The lowest BCUT2D eigenvalue weighted by molar-refractivity contribution is -0.125. The second-order valence-corrected chi connectivity index (χ2v) is 6.15. The molecule has 114 valence electrons. The van der Waals surface area contributed by atoms with Gasteiger partial charge in [0, 0.05) is 19.1 Å². The van der Waals surface area contributed by atoms with Crippen LogP contribution in [0.1, 0.15) is 31.2 Å². The summed E-state index contributed by atoms with van der Waals surface area (Å²) in [7, 11) is 0. The van der Waals surface area contributed by atoms with Crippen molar-refractivity contribution in [3.8, 4) is 0 Å². The zero-order valence-corrected chi connectivity index (χ0v) is 12.6. The summed E-state index contributed by atoms with van der Waals surface area (Å²) in [6.07, 6.45) is 4.51. The van der Waals surface area contributed by atoms with Gasteiger partial charge in [-0.1, -0.05) is 30.3 Å². The van der Waals surface area contributed by atoms with Crippen molar-refractivity contribution in [1.82, 2.24) is 15.5 Å². The van der Waals surface area contributed by atoms with Crippen molar-refractivity contribution in [3.05, 3.63) is 35.9 Å². The summed E-state index contributed by atoms with van der Waals surface area (Å²) in [5.74, 6) is 0.206. The van der Waals surface area contributed by atoms with E-state index in [-0.39, 0.29) is 11.9 Å². The van der Waals surface area contributed by atoms with Gasteiger partial charge in [0.15, 0.2) is 0 Å². The van der Waals surface area contributed by atoms with E-state index in [1.807, 2.05) is 6.07 Å². The second kappa shape index (κ2) is 7.05. The first kappa shape index (κ1) is 14.5. The van der Waals surface area contributed by atoms with Crippen molar-refractivity contribution in [2.75, 3.05) is 19.6 Å². The van der Waals surface area contributed by atoms with Crippen molar-refractivity contribution < 1.29 is 4.79 Å². The average molecular weight is 287 g/mol. The fraction of sp³-hybridized carbons (Fsp3) is 0.588. The van der Waals surface area contributed by atoms with Crippen molar-refractivity contribution in [3.63, 3.8) is 0 Å². The molecule has 3 rings (SSSR count). The normalized spacial score (nSPS) is 26.1. The molecule has 2 saturated heterocycles. The smallest absolute Gasteiger partial charge is 0.237 e. The number of carbonyl (C=O) groups is 1. The maximum absolute atomic E-state index is 12.4. The first-order chi connectivity index (χ1) is 10.3. The number of likely N-dealkylation sites (tertiary alicyclic amines) is 1. The number of nitrogens with zero attached hydrogens (tertiary/aromatic N) is 1. The van der Waals surface area contributed by atoms with Crippen LogP contribution in [0.3, 0.4) is 0 Å². The van der Waals surface area contributed by atoms with Crippen LogP contribution in [0.5, 0.6) is 0 Å². The molecule has 0 radical (unpaired) electrons. The number of rotatable bonds is 5. The van der Waals surface area contributed by atoms with Gasteiger partial charge < -0.3 is 10.6 Å². The Morgan fingerprint density at radius 1 is 1.24 bits per heavy atom. The minimum absolute atomic E-state index is 0.0478. The number of benzene rings is 1. The van der Waals surface area contributed by atoms with Gasteiger partial charge in [-0.25, -0.2) is 0 Å². The van der Waals surface area contributed by atoms with E-state index in [1.165, 1.54) is 18.4 Å². The third-order valence-electron chi connectivity index (χ3n) is 4.58. The van der Waals surface area contributed by atoms with Gasteiger partial charge in [0.25, 0.3) is 0 Å². The van der Waals surface area contributed by atoms with Gasteiger partial charge in [-0.05, 0) is 44.3 Å². The van der Waals surface area contributed by atoms with Gasteiger partial charge in [0.2, 0.25) is 5.91 Å². The van der Waals surface area contributed by atoms with Gasteiger partial charge in [-0.15, -0.1) is 0 Å². The van der Waals surface area contributed by atoms with Crippen molar-refractivity contribution in [2.24, 2.45) is 0 Å². The Hall–Kier alpha value is -1.39. The third kappa shape index (κ3) is 3.83. The lowest BCUT2D eigenvalue weighted by atomic mass is 10.1. The predicted octanol–water partition coefficient (Wildman–Crippen LogP) is 1.52. The number of amides is 1. The molecule has 0 aromatic heterocycles. The molecule has 2 unspecified atom stereocenters. The number of hydrogen-bond donors (Lipinski definition) is 2. The molecule has 4 heteroatoms. The minimum Gasteiger partial charge on any atom is -0.353 e. The molecule has 2 heterocycles. The molecule has 0 aliphatic carbocycles. The maximum Gasteiger partial charge on any atom is 0.237 e. The van der Waals surface area contributed by atoms with Gasteiger partial charge in [-0.2, -0.15) is 0 Å². The van der Waals surface area contributed by atoms with Crippen LogP contribution >= 0.6 is 0 Å². The predicted molar refractivity (Wildman–Crippen MR) is 83.9 cm³/mol. The highest BCUT2D eigenvalue weighted by atomic mass is 16.2. The molecule has 2 aliphatic heterocycles. The number of hydrogen-bond acceptors (Lipinski definition) is 3. The molecule has 21 heavy (non-hydrogen) atoms. The highest BCUT2D eigenvalue weighted by Crippen LogP contribution is 2.20. The molecule has 1 amide bonds. The van der Waals surface area contributed by atoms with Crippen LogP contribution in [0, 0.1) is 0 Å². The van der Waals surface area contributed by atoms with Gasteiger partial charge in [0.1, 0.15) is 0 Å². The lowest BCUT2D eigenvalue weighted by Gasteiger charge is -2.24. The molecule has 2 atom stereocenters. The van der Waals surface area contributed by atoms with E-state index in [1.54, 1.807) is 0 Å². The van der Waals surface area contributed by atoms with Crippen LogP contribution in [0.2, 0.25) is 0 Å². The molecule has 1 aromatic carbocycles. The summed E-state index contributed by atoms with van der Waals surface area (Å²) in [4.78, 5) is 14.7. The first-order valence-electron chi connectivity index (χ1n) is 8.12. The molecule has 0 saturated carbocycles. The standard InChI is InChI=1S/C17H25N3O/c21-17(19-12-15-8-4-10-18-15)16-9-5-11-20(16)13-14-6-2-1-3-7-14/h1-3,6-7,15-16,18H,4-5,8-13H2,(H,19,21). The quantitative estimate of drug-likeness (QED) is 0.863. The van der Waals surface area contributed by atoms with E-state index in [2.05, 4.69) is 39.8 Å². The molecular weight excluding hydrogens is 262 g/mol. The summed E-state index contributed by atoms with van der Waals surface area (Å²) in [5.41, 5.74) is 1.29. The Bertz CT molecular complexity index is 456. The Kier molecular flexibility index (Phi) is 4.88. The molecule has 4 nitrogen and oxygen atoms in total. The molecular formula is C17H25N3O. The minimum atomic E-state index is 0.0478. The van der Waals surface area contributed by atoms with Crippen molar-refractivity contribution in [2.45, 2.75) is 44.3 Å². The zero-order valence-electron chi connectivity index (χ0n) is 12.6. The molecule has 2 fully saturated rings. The van der Waals surface area contributed by atoms with Crippen LogP contribution < -0.4 is 10.6 Å². The van der Waals surface area contributed by atoms with Crippen molar-refractivity contribution in [1.29, 1.82) is 0 Å². The largest absolute Gasteiger partial charge is 0.353 e. The second-order valence-electron chi connectivity index (χ2n) is 6.15. The summed E-state index contributed by atoms with van der Waals surface area (Å²) in [5, 5.41) is 6.56. The van der Waals surface area contributed by atoms with Crippen molar-refractivity contribution >= 4 is 5.91 Å². The van der Waals surface area contributed by atoms with E-state index in [9.17, 15) is 4.79 Å². The van der Waals surface area contributed by atoms with E-state index >= 15 is 0 Å². The Morgan fingerprint density at radius 2 is 2.10 bits per heavy atom. The highest BCUT2D eigenvalue weighted by molar-refractivity contribution is 5.82. The average Bonchev–Trinajstić information content (AvgIpc) is 3.17. The van der Waals surface area contributed by atoms with E-state index < -0.39 is 0 Å². The van der Waals surface area contributed by atoms with Crippen LogP contribution in [-0.2, 0) is 11.3 Å². The topological polar surface area (TPSA) is 44.4 Å². The SMILES string of the molecule is O=C(NCC1CCCN1)C1CCCN1Cc1ccccc1. The summed E-state index contributed by atoms with van der Waals surface area (Å²) in [6, 6.07) is 10.9. The first-order valence-corrected chi connectivity index (χ1v) is 8.12. The summed E-state index contributed by atoms with van der Waals surface area (Å²) >= 11 is 0. The van der Waals surface area contributed by atoms with E-state index in [4.69, 9.17) is 0 Å². The number of carbonyl (C=O) groups excluding carboxylic acids is 1. The third-order valence-corrected chi connectivity index (χ3v) is 4.58. The molecule has 0 bridgehead atoms. The maximum atomic E-state index is 12.4. The molecule has 1 aromatic rings. The summed E-state index contributed by atoms with van der Waals surface area (Å²) < 4.78 is 0. The molecule has 0 spiro atoms. The summed E-state index contributed by atoms with van der Waals surface area (Å²) in [6.45, 7) is 3.76. The van der Waals surface area contributed by atoms with Crippen LogP contribution in [0.4, 0.5) is 0 Å². The molecule has 2 N–H and O–H groups in total. The van der Waals surface area contributed by atoms with E-state index in [0.717, 1.165) is 39.0 Å². The van der Waals surface area contributed by atoms with Crippen LogP contribution in [0.25, 0.3) is 0 Å². The lowest BCUT2D eigenvalue weighted by Crippen LogP contribution is -2.46. The van der Waals surface area contributed by atoms with E-state index in [0.29, 0.717) is 6.04 Å². The van der Waals surface area contributed by atoms with Gasteiger partial charge in [-0.3, -0.25) is 9.69 Å². The zero-order chi connectivity index (χ0) is 14.5. The fourth-order valence-corrected chi connectivity index (χ4v) is 3.40. The van der Waals surface area contributed by atoms with Crippen LogP contribution in [-0.4, -0.2) is 42.5 Å². The van der Waals surface area contributed by atoms with Gasteiger partial charge in [0.05, 0.1) is 6.04 Å². The molecule has 2 aliphatic rings. The number of nitrogens with one attached hydrogen (secondary N) is 2.